The monoisotopic (exact) mass is 527 g/mol. The number of rotatable bonds is 7. The van der Waals surface area contributed by atoms with Gasteiger partial charge >= 0.3 is 6.09 Å². The molecule has 35 heavy (non-hydrogen) atoms. The van der Waals surface area contributed by atoms with E-state index in [1.165, 1.54) is 21.3 Å². The van der Waals surface area contributed by atoms with Gasteiger partial charge in [-0.05, 0) is 82.1 Å². The summed E-state index contributed by atoms with van der Waals surface area (Å²) in [6.45, 7) is 10.2. The highest BCUT2D eigenvalue weighted by atomic mass is 35.5. The van der Waals surface area contributed by atoms with Gasteiger partial charge in [0.25, 0.3) is 0 Å². The molecule has 4 atom stereocenters. The second-order valence-electron chi connectivity index (χ2n) is 11.1. The van der Waals surface area contributed by atoms with Crippen molar-refractivity contribution >= 4 is 33.6 Å². The molecule has 1 aliphatic heterocycles. The molecule has 3 rings (SSSR count). The molecule has 0 aromatic heterocycles. The van der Waals surface area contributed by atoms with Gasteiger partial charge in [0.2, 0.25) is 15.9 Å². The van der Waals surface area contributed by atoms with E-state index in [4.69, 9.17) is 16.3 Å². The number of likely N-dealkylation sites (N-methyl/N-ethyl adjacent to an activating group) is 1. The van der Waals surface area contributed by atoms with E-state index in [0.29, 0.717) is 24.5 Å². The van der Waals surface area contributed by atoms with Gasteiger partial charge in [0.15, 0.2) is 0 Å². The zero-order chi connectivity index (χ0) is 26.1. The van der Waals surface area contributed by atoms with Crippen molar-refractivity contribution in [3.05, 3.63) is 29.3 Å². The highest BCUT2D eigenvalue weighted by Gasteiger charge is 2.47. The molecule has 0 bridgehead atoms. The minimum Gasteiger partial charge on any atom is -0.444 e. The topological polar surface area (TPSA) is 96.0 Å². The van der Waals surface area contributed by atoms with E-state index in [1.54, 1.807) is 40.0 Å². The SMILES string of the molecule is CC(C)CC(C(=O)N[C@@H]1CC[C@H]2CN(S(=O)(=O)c3ccc(Cl)cc3)C[C@H]21)N(C)C(=O)OC(C)(C)C. The highest BCUT2D eigenvalue weighted by Crippen LogP contribution is 2.40. The Bertz CT molecular complexity index is 1020. The highest BCUT2D eigenvalue weighted by molar-refractivity contribution is 7.89. The first-order chi connectivity index (χ1) is 16.2. The van der Waals surface area contributed by atoms with E-state index in [2.05, 4.69) is 5.32 Å². The van der Waals surface area contributed by atoms with Gasteiger partial charge in [-0.15, -0.1) is 0 Å². The van der Waals surface area contributed by atoms with Crippen LogP contribution in [0.15, 0.2) is 29.2 Å². The molecule has 2 aliphatic rings. The minimum absolute atomic E-state index is 0.0348. The number of hydrogen-bond donors (Lipinski definition) is 1. The summed E-state index contributed by atoms with van der Waals surface area (Å²) in [5, 5.41) is 3.63. The Kier molecular flexibility index (Phi) is 8.44. The summed E-state index contributed by atoms with van der Waals surface area (Å²) in [6.07, 6.45) is 1.60. The number of sulfonamides is 1. The maximum Gasteiger partial charge on any atom is 0.410 e. The van der Waals surface area contributed by atoms with Crippen molar-refractivity contribution in [2.45, 2.75) is 76.5 Å². The first-order valence-electron chi connectivity index (χ1n) is 12.2. The van der Waals surface area contributed by atoms with Gasteiger partial charge in [-0.3, -0.25) is 9.69 Å². The van der Waals surface area contributed by atoms with Crippen molar-refractivity contribution in [2.24, 2.45) is 17.8 Å². The number of fused-ring (bicyclic) bond motifs is 1. The van der Waals surface area contributed by atoms with Gasteiger partial charge < -0.3 is 10.1 Å². The average molecular weight is 528 g/mol. The summed E-state index contributed by atoms with van der Waals surface area (Å²) in [6, 6.07) is 5.38. The second-order valence-corrected chi connectivity index (χ2v) is 13.5. The molecule has 1 N–H and O–H groups in total. The predicted molar refractivity (Wildman–Crippen MR) is 136 cm³/mol. The minimum atomic E-state index is -3.63. The fraction of sp³-hybridized carbons (Fsp3) is 0.680. The summed E-state index contributed by atoms with van der Waals surface area (Å²) < 4.78 is 33.3. The van der Waals surface area contributed by atoms with Crippen LogP contribution in [0.4, 0.5) is 4.79 Å². The van der Waals surface area contributed by atoms with Gasteiger partial charge in [0.1, 0.15) is 11.6 Å². The summed E-state index contributed by atoms with van der Waals surface area (Å²) in [5.74, 6) is 0.192. The third kappa shape index (κ3) is 6.68. The number of halogens is 1. The lowest BCUT2D eigenvalue weighted by Gasteiger charge is -2.32. The lowest BCUT2D eigenvalue weighted by Crippen LogP contribution is -2.52. The number of carbonyl (C=O) groups is 2. The zero-order valence-corrected chi connectivity index (χ0v) is 23.0. The van der Waals surface area contributed by atoms with Crippen LogP contribution < -0.4 is 5.32 Å². The molecular formula is C25H38ClN3O5S. The van der Waals surface area contributed by atoms with Crippen LogP contribution in [0.3, 0.4) is 0 Å². The quantitative estimate of drug-likeness (QED) is 0.575. The molecule has 1 unspecified atom stereocenters. The third-order valence-corrected chi connectivity index (χ3v) is 8.85. The smallest absolute Gasteiger partial charge is 0.410 e. The van der Waals surface area contributed by atoms with Gasteiger partial charge in [0, 0.05) is 31.2 Å². The van der Waals surface area contributed by atoms with Crippen molar-refractivity contribution in [3.63, 3.8) is 0 Å². The van der Waals surface area contributed by atoms with E-state index in [1.807, 2.05) is 13.8 Å². The average Bonchev–Trinajstić information content (AvgIpc) is 3.33. The standard InChI is InChI=1S/C25H38ClN3O5S/c1-16(2)13-22(28(6)24(31)34-25(3,4)5)23(30)27-21-12-7-17-14-29(15-20(17)21)35(32,33)19-10-8-18(26)9-11-19/h8-11,16-17,20-22H,7,12-15H2,1-6H3,(H,27,30)/t17-,20+,21+,22?/m0/s1. The second kappa shape index (κ2) is 10.6. The Labute approximate surface area is 214 Å². The van der Waals surface area contributed by atoms with Crippen LogP contribution in [-0.4, -0.2) is 67.4 Å². The molecule has 1 heterocycles. The number of ether oxygens (including phenoxy) is 1. The van der Waals surface area contributed by atoms with Gasteiger partial charge in [-0.2, -0.15) is 4.31 Å². The Morgan fingerprint density at radius 2 is 1.80 bits per heavy atom. The molecule has 1 saturated carbocycles. The Balaban J connectivity index is 1.69. The van der Waals surface area contributed by atoms with Crippen LogP contribution in [0.25, 0.3) is 0 Å². The number of carbonyl (C=O) groups excluding carboxylic acids is 2. The lowest BCUT2D eigenvalue weighted by molar-refractivity contribution is -0.127. The third-order valence-electron chi connectivity index (χ3n) is 6.75. The van der Waals surface area contributed by atoms with Crippen LogP contribution in [0, 0.1) is 17.8 Å². The number of amides is 2. The molecule has 1 saturated heterocycles. The molecule has 2 amide bonds. The molecule has 8 nitrogen and oxygen atoms in total. The number of hydrogen-bond acceptors (Lipinski definition) is 5. The molecule has 0 spiro atoms. The summed E-state index contributed by atoms with van der Waals surface area (Å²) in [7, 11) is -2.04. The largest absolute Gasteiger partial charge is 0.444 e. The Morgan fingerprint density at radius 1 is 1.17 bits per heavy atom. The van der Waals surface area contributed by atoms with Crippen LogP contribution in [0.1, 0.15) is 53.9 Å². The Morgan fingerprint density at radius 3 is 2.37 bits per heavy atom. The number of nitrogens with zero attached hydrogens (tertiary/aromatic N) is 2. The zero-order valence-electron chi connectivity index (χ0n) is 21.5. The summed E-state index contributed by atoms with van der Waals surface area (Å²) >= 11 is 5.92. The van der Waals surface area contributed by atoms with Crippen LogP contribution in [0.2, 0.25) is 5.02 Å². The van der Waals surface area contributed by atoms with E-state index >= 15 is 0 Å². The van der Waals surface area contributed by atoms with Crippen molar-refractivity contribution in [3.8, 4) is 0 Å². The molecule has 1 aromatic rings. The van der Waals surface area contributed by atoms with Gasteiger partial charge in [0.05, 0.1) is 4.90 Å². The van der Waals surface area contributed by atoms with Crippen LogP contribution in [0.5, 0.6) is 0 Å². The summed E-state index contributed by atoms with van der Waals surface area (Å²) in [5.41, 5.74) is -0.661. The first-order valence-corrected chi connectivity index (χ1v) is 14.0. The van der Waals surface area contributed by atoms with E-state index in [-0.39, 0.29) is 34.6 Å². The fourth-order valence-electron chi connectivity index (χ4n) is 4.98. The van der Waals surface area contributed by atoms with Crippen molar-refractivity contribution < 1.29 is 22.7 Å². The van der Waals surface area contributed by atoms with E-state index in [9.17, 15) is 18.0 Å². The molecule has 2 fully saturated rings. The lowest BCUT2D eigenvalue weighted by atomic mass is 9.96. The molecular weight excluding hydrogens is 490 g/mol. The first kappa shape index (κ1) is 27.7. The molecule has 1 aromatic carbocycles. The van der Waals surface area contributed by atoms with Crippen molar-refractivity contribution in [2.75, 3.05) is 20.1 Å². The molecule has 1 aliphatic carbocycles. The van der Waals surface area contributed by atoms with Crippen LogP contribution in [-0.2, 0) is 19.6 Å². The molecule has 10 heteroatoms. The van der Waals surface area contributed by atoms with Gasteiger partial charge in [-0.25, -0.2) is 13.2 Å². The van der Waals surface area contributed by atoms with E-state index in [0.717, 1.165) is 12.8 Å². The number of benzene rings is 1. The maximum atomic E-state index is 13.4. The maximum absolute atomic E-state index is 13.4. The predicted octanol–water partition coefficient (Wildman–Crippen LogP) is 4.14. The molecule has 0 radical (unpaired) electrons. The number of nitrogens with one attached hydrogen (secondary N) is 1. The van der Waals surface area contributed by atoms with Crippen molar-refractivity contribution in [1.29, 1.82) is 0 Å². The van der Waals surface area contributed by atoms with E-state index < -0.39 is 27.8 Å². The fourth-order valence-corrected chi connectivity index (χ4v) is 6.64. The molecule has 196 valence electrons. The van der Waals surface area contributed by atoms with Gasteiger partial charge in [-0.1, -0.05) is 25.4 Å². The summed E-state index contributed by atoms with van der Waals surface area (Å²) in [4.78, 5) is 27.6. The normalized spacial score (nSPS) is 23.7. The Hall–Kier alpha value is -1.84. The van der Waals surface area contributed by atoms with Crippen molar-refractivity contribution in [1.82, 2.24) is 14.5 Å². The van der Waals surface area contributed by atoms with Crippen LogP contribution >= 0.6 is 11.6 Å².